The summed E-state index contributed by atoms with van der Waals surface area (Å²) in [5.74, 6) is -0.550. The fourth-order valence-corrected chi connectivity index (χ4v) is 4.39. The minimum atomic E-state index is -0.354. The van der Waals surface area contributed by atoms with Crippen LogP contribution >= 0.6 is 0 Å². The Morgan fingerprint density at radius 2 is 1.36 bits per heavy atom. The predicted molar refractivity (Wildman–Crippen MR) is 139 cm³/mol. The molecule has 0 saturated heterocycles. The lowest BCUT2D eigenvalue weighted by Crippen LogP contribution is -2.14. The average molecular weight is 447 g/mol. The molecule has 0 amide bonds. The highest BCUT2D eigenvalue weighted by Crippen LogP contribution is 2.23. The third kappa shape index (κ3) is 7.15. The third-order valence-corrected chi connectivity index (χ3v) is 6.56. The van der Waals surface area contributed by atoms with Gasteiger partial charge < -0.3 is 4.74 Å². The molecule has 3 rings (SSSR count). The van der Waals surface area contributed by atoms with Gasteiger partial charge >= 0.3 is 5.97 Å². The summed E-state index contributed by atoms with van der Waals surface area (Å²) in [6, 6.07) is 17.2. The molecule has 3 aromatic carbocycles. The summed E-state index contributed by atoms with van der Waals surface area (Å²) in [6.07, 6.45) is 12.6. The van der Waals surface area contributed by atoms with Crippen molar-refractivity contribution in [3.63, 3.8) is 0 Å². The van der Waals surface area contributed by atoms with Crippen molar-refractivity contribution in [1.29, 1.82) is 0 Å². The summed E-state index contributed by atoms with van der Waals surface area (Å²) in [5.41, 5.74) is 0.901. The lowest BCUT2D eigenvalue weighted by Gasteiger charge is -2.12. The Morgan fingerprint density at radius 1 is 0.758 bits per heavy atom. The first-order valence-corrected chi connectivity index (χ1v) is 12.7. The largest absolute Gasteiger partial charge is 0.465 e. The maximum absolute atomic E-state index is 12.9. The van der Waals surface area contributed by atoms with E-state index < -0.39 is 0 Å². The molecule has 3 nitrogen and oxygen atoms in total. The van der Waals surface area contributed by atoms with Crippen molar-refractivity contribution in [3.8, 4) is 0 Å². The van der Waals surface area contributed by atoms with E-state index in [1.165, 1.54) is 51.4 Å². The summed E-state index contributed by atoms with van der Waals surface area (Å²) in [7, 11) is 0. The van der Waals surface area contributed by atoms with Gasteiger partial charge in [0.2, 0.25) is 0 Å². The smallest absolute Gasteiger partial charge is 0.313 e. The molecular formula is C30H38O3. The van der Waals surface area contributed by atoms with E-state index in [-0.39, 0.29) is 17.3 Å². The van der Waals surface area contributed by atoms with Crippen LogP contribution in [0.5, 0.6) is 0 Å². The normalized spacial score (nSPS) is 12.2. The molecule has 0 saturated carbocycles. The van der Waals surface area contributed by atoms with Crippen molar-refractivity contribution in [1.82, 2.24) is 0 Å². The van der Waals surface area contributed by atoms with Gasteiger partial charge in [0.05, 0.1) is 12.5 Å². The van der Waals surface area contributed by atoms with Crippen LogP contribution in [0.3, 0.4) is 0 Å². The van der Waals surface area contributed by atoms with Gasteiger partial charge in [-0.15, -0.1) is 0 Å². The molecule has 0 fully saturated rings. The molecule has 1 atom stereocenters. The molecule has 0 spiro atoms. The molecule has 0 aliphatic heterocycles. The Hall–Kier alpha value is -2.68. The van der Waals surface area contributed by atoms with Gasteiger partial charge in [-0.25, -0.2) is 0 Å². The Balaban J connectivity index is 1.48. The van der Waals surface area contributed by atoms with Crippen molar-refractivity contribution in [3.05, 3.63) is 70.4 Å². The van der Waals surface area contributed by atoms with Crippen LogP contribution in [0.15, 0.2) is 59.4 Å². The van der Waals surface area contributed by atoms with E-state index in [1.54, 1.807) is 0 Å². The molecule has 176 valence electrons. The summed E-state index contributed by atoms with van der Waals surface area (Å²) in [4.78, 5) is 25.5. The summed E-state index contributed by atoms with van der Waals surface area (Å²) in [6.45, 7) is 4.61. The van der Waals surface area contributed by atoms with Gasteiger partial charge in [-0.1, -0.05) is 119 Å². The summed E-state index contributed by atoms with van der Waals surface area (Å²) in [5, 5.41) is 3.15. The van der Waals surface area contributed by atoms with Crippen molar-refractivity contribution in [2.75, 3.05) is 6.61 Å². The molecule has 0 aliphatic rings. The van der Waals surface area contributed by atoms with Crippen LogP contribution in [0.2, 0.25) is 0 Å². The quantitative estimate of drug-likeness (QED) is 0.198. The molecule has 0 bridgehead atoms. The molecule has 0 aliphatic carbocycles. The Bertz CT molecular complexity index is 1100. The highest BCUT2D eigenvalue weighted by Gasteiger charge is 2.17. The van der Waals surface area contributed by atoms with E-state index in [0.29, 0.717) is 17.4 Å². The molecule has 0 N–H and O–H groups in total. The second kappa shape index (κ2) is 13.1. The van der Waals surface area contributed by atoms with E-state index in [9.17, 15) is 9.59 Å². The standard InChI is InChI=1S/C30H38O3/c1-3-4-5-6-7-8-9-10-11-14-21-33-30(32)23(2)25-19-20-28-26(22-25)18-17-24-15-12-13-16-27(24)29(28)31/h12-13,15-20,22-23H,3-11,14,21H2,1-2H3. The number of benzene rings is 2. The van der Waals surface area contributed by atoms with E-state index in [0.717, 1.165) is 29.2 Å². The van der Waals surface area contributed by atoms with Crippen LogP contribution in [-0.2, 0) is 9.53 Å². The maximum Gasteiger partial charge on any atom is 0.313 e. The number of fused-ring (bicyclic) bond motifs is 2. The van der Waals surface area contributed by atoms with E-state index in [2.05, 4.69) is 6.92 Å². The van der Waals surface area contributed by atoms with Crippen molar-refractivity contribution < 1.29 is 9.53 Å². The Labute approximate surface area is 198 Å². The first-order chi connectivity index (χ1) is 16.1. The van der Waals surface area contributed by atoms with Gasteiger partial charge in [-0.2, -0.15) is 0 Å². The predicted octanol–water partition coefficient (Wildman–Crippen LogP) is 7.92. The van der Waals surface area contributed by atoms with E-state index in [4.69, 9.17) is 4.74 Å². The van der Waals surface area contributed by atoms with Gasteiger partial charge in [-0.05, 0) is 29.7 Å². The SMILES string of the molecule is CCCCCCCCCCCCOC(=O)C(C)c1ccc2c(=O)c3ccccc3ccc2c1. The summed E-state index contributed by atoms with van der Waals surface area (Å²) < 4.78 is 5.55. The molecule has 3 aromatic rings. The highest BCUT2D eigenvalue weighted by atomic mass is 16.5. The van der Waals surface area contributed by atoms with Gasteiger partial charge in [0, 0.05) is 10.8 Å². The molecule has 33 heavy (non-hydrogen) atoms. The zero-order valence-electron chi connectivity index (χ0n) is 20.3. The van der Waals surface area contributed by atoms with Crippen LogP contribution in [0, 0.1) is 0 Å². The van der Waals surface area contributed by atoms with Gasteiger partial charge in [0.25, 0.3) is 0 Å². The number of unbranched alkanes of at least 4 members (excludes halogenated alkanes) is 9. The molecular weight excluding hydrogens is 408 g/mol. The third-order valence-electron chi connectivity index (χ3n) is 6.56. The molecule has 1 unspecified atom stereocenters. The minimum absolute atomic E-state index is 0.0216. The Kier molecular flexibility index (Phi) is 9.93. The first-order valence-electron chi connectivity index (χ1n) is 12.7. The van der Waals surface area contributed by atoms with Crippen LogP contribution in [0.4, 0.5) is 0 Å². The van der Waals surface area contributed by atoms with Crippen LogP contribution in [0.25, 0.3) is 21.5 Å². The molecule has 0 aromatic heterocycles. The number of hydrogen-bond donors (Lipinski definition) is 0. The van der Waals surface area contributed by atoms with E-state index in [1.807, 2.05) is 61.5 Å². The minimum Gasteiger partial charge on any atom is -0.465 e. The zero-order valence-corrected chi connectivity index (χ0v) is 20.3. The summed E-state index contributed by atoms with van der Waals surface area (Å²) >= 11 is 0. The topological polar surface area (TPSA) is 43.4 Å². The average Bonchev–Trinajstić information content (AvgIpc) is 2.98. The number of hydrogen-bond acceptors (Lipinski definition) is 3. The van der Waals surface area contributed by atoms with Gasteiger partial charge in [0.1, 0.15) is 0 Å². The van der Waals surface area contributed by atoms with Gasteiger partial charge in [0.15, 0.2) is 5.43 Å². The van der Waals surface area contributed by atoms with E-state index >= 15 is 0 Å². The van der Waals surface area contributed by atoms with Crippen molar-refractivity contribution >= 4 is 27.5 Å². The number of ether oxygens (including phenoxy) is 1. The molecule has 0 heterocycles. The second-order valence-corrected chi connectivity index (χ2v) is 9.17. The van der Waals surface area contributed by atoms with Crippen LogP contribution in [0.1, 0.15) is 89.5 Å². The number of rotatable bonds is 13. The van der Waals surface area contributed by atoms with Crippen molar-refractivity contribution in [2.45, 2.75) is 84.0 Å². The zero-order chi connectivity index (χ0) is 23.5. The van der Waals surface area contributed by atoms with Crippen molar-refractivity contribution in [2.24, 2.45) is 0 Å². The second-order valence-electron chi connectivity index (χ2n) is 9.17. The van der Waals surface area contributed by atoms with Crippen LogP contribution in [-0.4, -0.2) is 12.6 Å². The number of carbonyl (C=O) groups is 1. The number of carbonyl (C=O) groups excluding carboxylic acids is 1. The Morgan fingerprint density at radius 3 is 2.09 bits per heavy atom. The van der Waals surface area contributed by atoms with Crippen LogP contribution < -0.4 is 5.43 Å². The number of esters is 1. The lowest BCUT2D eigenvalue weighted by molar-refractivity contribution is -0.145. The monoisotopic (exact) mass is 446 g/mol. The highest BCUT2D eigenvalue weighted by molar-refractivity contribution is 5.94. The molecule has 0 radical (unpaired) electrons. The fraction of sp³-hybridized carbons (Fsp3) is 0.467. The lowest BCUT2D eigenvalue weighted by atomic mass is 9.98. The fourth-order valence-electron chi connectivity index (χ4n) is 4.39. The maximum atomic E-state index is 12.9. The first kappa shape index (κ1) is 25.0. The van der Waals surface area contributed by atoms with Gasteiger partial charge in [-0.3, -0.25) is 9.59 Å². The molecule has 3 heteroatoms.